The third kappa shape index (κ3) is 3.45. The average molecular weight is 335 g/mol. The molecule has 24 heavy (non-hydrogen) atoms. The Morgan fingerprint density at radius 1 is 1.00 bits per heavy atom. The third-order valence-corrected chi connectivity index (χ3v) is 3.41. The molecule has 2 rings (SSSR count). The largest absolute Gasteiger partial charge is 0.419 e. The highest BCUT2D eigenvalue weighted by atomic mass is 19.1. The molecule has 0 saturated carbocycles. The standard InChI is InChI=1S/C17H18FNO5/c1-9(2)19(10(3)4)17(22)11-5-6-12-16(15(11)18)24-14(21)8-7-13(20)23-12/h5-10H,1-4H3/b8-7+. The van der Waals surface area contributed by atoms with E-state index in [2.05, 4.69) is 0 Å². The maximum absolute atomic E-state index is 14.8. The van der Waals surface area contributed by atoms with Crippen molar-refractivity contribution in [2.45, 2.75) is 39.8 Å². The van der Waals surface area contributed by atoms with Gasteiger partial charge >= 0.3 is 11.9 Å². The number of halogens is 1. The van der Waals surface area contributed by atoms with Crippen LogP contribution in [0.5, 0.6) is 11.5 Å². The predicted molar refractivity (Wildman–Crippen MR) is 83.3 cm³/mol. The second-order valence-electron chi connectivity index (χ2n) is 5.83. The Bertz CT molecular complexity index is 716. The van der Waals surface area contributed by atoms with Crippen LogP contribution in [-0.4, -0.2) is 34.8 Å². The molecule has 1 aromatic rings. The lowest BCUT2D eigenvalue weighted by Gasteiger charge is -2.31. The molecule has 1 aliphatic rings. The van der Waals surface area contributed by atoms with Crippen LogP contribution in [0, 0.1) is 5.82 Å². The minimum absolute atomic E-state index is 0.151. The zero-order valence-corrected chi connectivity index (χ0v) is 13.8. The maximum Gasteiger partial charge on any atom is 0.336 e. The lowest BCUT2D eigenvalue weighted by molar-refractivity contribution is -0.133. The zero-order chi connectivity index (χ0) is 18.0. The number of rotatable bonds is 3. The minimum atomic E-state index is -1.04. The van der Waals surface area contributed by atoms with Crippen LogP contribution in [-0.2, 0) is 9.59 Å². The Hall–Kier alpha value is -2.70. The van der Waals surface area contributed by atoms with Crippen molar-refractivity contribution in [3.8, 4) is 11.5 Å². The first kappa shape index (κ1) is 17.7. The van der Waals surface area contributed by atoms with Crippen LogP contribution in [0.2, 0.25) is 0 Å². The van der Waals surface area contributed by atoms with Crippen molar-refractivity contribution < 1.29 is 28.2 Å². The highest BCUT2D eigenvalue weighted by Gasteiger charge is 2.29. The summed E-state index contributed by atoms with van der Waals surface area (Å²) in [5.74, 6) is -4.18. The molecule has 0 saturated heterocycles. The highest BCUT2D eigenvalue weighted by Crippen LogP contribution is 2.34. The van der Waals surface area contributed by atoms with Crippen LogP contribution in [0.25, 0.3) is 0 Å². The van der Waals surface area contributed by atoms with E-state index in [1.165, 1.54) is 17.0 Å². The monoisotopic (exact) mass is 335 g/mol. The molecule has 0 spiro atoms. The van der Waals surface area contributed by atoms with Gasteiger partial charge in [-0.1, -0.05) is 0 Å². The fourth-order valence-corrected chi connectivity index (χ4v) is 2.50. The lowest BCUT2D eigenvalue weighted by Crippen LogP contribution is -2.42. The molecule has 6 nitrogen and oxygen atoms in total. The molecule has 1 amide bonds. The third-order valence-electron chi connectivity index (χ3n) is 3.41. The number of hydrogen-bond acceptors (Lipinski definition) is 5. The van der Waals surface area contributed by atoms with Gasteiger partial charge in [-0.05, 0) is 39.8 Å². The van der Waals surface area contributed by atoms with E-state index in [1.54, 1.807) is 0 Å². The first-order chi connectivity index (χ1) is 11.2. The molecule has 0 aliphatic carbocycles. The summed E-state index contributed by atoms with van der Waals surface area (Å²) in [5, 5.41) is 0. The Morgan fingerprint density at radius 3 is 2.08 bits per heavy atom. The number of amides is 1. The van der Waals surface area contributed by atoms with E-state index in [-0.39, 0.29) is 23.4 Å². The molecule has 0 atom stereocenters. The van der Waals surface area contributed by atoms with Crippen LogP contribution < -0.4 is 9.47 Å². The quantitative estimate of drug-likeness (QED) is 0.627. The number of nitrogens with zero attached hydrogens (tertiary/aromatic N) is 1. The fourth-order valence-electron chi connectivity index (χ4n) is 2.50. The molecule has 0 unspecified atom stereocenters. The van der Waals surface area contributed by atoms with Gasteiger partial charge < -0.3 is 14.4 Å². The van der Waals surface area contributed by atoms with Crippen LogP contribution in [0.3, 0.4) is 0 Å². The van der Waals surface area contributed by atoms with Gasteiger partial charge in [0, 0.05) is 24.2 Å². The number of esters is 2. The van der Waals surface area contributed by atoms with Gasteiger partial charge in [0.25, 0.3) is 5.91 Å². The van der Waals surface area contributed by atoms with Crippen LogP contribution >= 0.6 is 0 Å². The summed E-state index contributed by atoms with van der Waals surface area (Å²) in [7, 11) is 0. The van der Waals surface area contributed by atoms with Crippen molar-refractivity contribution >= 4 is 17.8 Å². The van der Waals surface area contributed by atoms with Gasteiger partial charge in [0.15, 0.2) is 11.6 Å². The van der Waals surface area contributed by atoms with E-state index in [9.17, 15) is 18.8 Å². The maximum atomic E-state index is 14.8. The molecule has 0 fully saturated rings. The Balaban J connectivity index is 2.50. The summed E-state index contributed by atoms with van der Waals surface area (Å²) in [6.45, 7) is 7.26. The fraction of sp³-hybridized carbons (Fsp3) is 0.353. The molecule has 7 heteroatoms. The molecule has 0 aromatic heterocycles. The first-order valence-corrected chi connectivity index (χ1v) is 7.49. The van der Waals surface area contributed by atoms with E-state index >= 15 is 0 Å². The molecule has 1 aliphatic heterocycles. The number of hydrogen-bond donors (Lipinski definition) is 0. The zero-order valence-electron chi connectivity index (χ0n) is 13.8. The Labute approximate surface area is 138 Å². The second kappa shape index (κ2) is 6.82. The first-order valence-electron chi connectivity index (χ1n) is 7.49. The van der Waals surface area contributed by atoms with Gasteiger partial charge in [-0.25, -0.2) is 14.0 Å². The van der Waals surface area contributed by atoms with Crippen molar-refractivity contribution in [3.63, 3.8) is 0 Å². The van der Waals surface area contributed by atoms with Gasteiger partial charge in [-0.15, -0.1) is 0 Å². The van der Waals surface area contributed by atoms with Gasteiger partial charge in [-0.3, -0.25) is 4.79 Å². The van der Waals surface area contributed by atoms with Crippen LogP contribution in [0.15, 0.2) is 24.3 Å². The molecule has 0 N–H and O–H groups in total. The van der Waals surface area contributed by atoms with Crippen molar-refractivity contribution in [1.82, 2.24) is 4.90 Å². The van der Waals surface area contributed by atoms with Gasteiger partial charge in [0.1, 0.15) is 0 Å². The lowest BCUT2D eigenvalue weighted by atomic mass is 10.1. The van der Waals surface area contributed by atoms with Crippen molar-refractivity contribution in [3.05, 3.63) is 35.7 Å². The molecule has 128 valence electrons. The van der Waals surface area contributed by atoms with E-state index in [4.69, 9.17) is 9.47 Å². The summed E-state index contributed by atoms with van der Waals surface area (Å²) >= 11 is 0. The highest BCUT2D eigenvalue weighted by molar-refractivity contribution is 5.98. The van der Waals surface area contributed by atoms with Crippen molar-refractivity contribution in [2.75, 3.05) is 0 Å². The minimum Gasteiger partial charge on any atom is -0.419 e. The summed E-state index contributed by atoms with van der Waals surface area (Å²) in [6, 6.07) is 2.14. The van der Waals surface area contributed by atoms with E-state index < -0.39 is 29.4 Å². The molecule has 1 aromatic carbocycles. The van der Waals surface area contributed by atoms with Crippen LogP contribution in [0.1, 0.15) is 38.1 Å². The molecular formula is C17H18FNO5. The number of ether oxygens (including phenoxy) is 2. The summed E-state index contributed by atoms with van der Waals surface area (Å²) in [4.78, 5) is 37.2. The Kier molecular flexibility index (Phi) is 5.02. The average Bonchev–Trinajstić information content (AvgIpc) is 2.46. The van der Waals surface area contributed by atoms with E-state index in [1.807, 2.05) is 27.7 Å². The summed E-state index contributed by atoms with van der Waals surface area (Å²) in [5.41, 5.74) is -0.260. The predicted octanol–water partition coefficient (Wildman–Crippen LogP) is 2.47. The SMILES string of the molecule is CC(C)N(C(=O)c1ccc2c(c1F)OC(=O)/C=C/C(=O)O2)C(C)C. The number of carbonyl (C=O) groups excluding carboxylic acids is 3. The summed E-state index contributed by atoms with van der Waals surface area (Å²) < 4.78 is 24.5. The van der Waals surface area contributed by atoms with E-state index in [0.29, 0.717) is 0 Å². The number of carbonyl (C=O) groups is 3. The number of fused-ring (bicyclic) bond motifs is 1. The molecule has 0 radical (unpaired) electrons. The van der Waals surface area contributed by atoms with Crippen LogP contribution in [0.4, 0.5) is 4.39 Å². The molecule has 1 heterocycles. The topological polar surface area (TPSA) is 72.9 Å². The molecule has 0 bridgehead atoms. The number of benzene rings is 1. The van der Waals surface area contributed by atoms with Crippen molar-refractivity contribution in [1.29, 1.82) is 0 Å². The van der Waals surface area contributed by atoms with Crippen molar-refractivity contribution in [2.24, 2.45) is 0 Å². The molecular weight excluding hydrogens is 317 g/mol. The Morgan fingerprint density at radius 2 is 1.54 bits per heavy atom. The van der Waals surface area contributed by atoms with Gasteiger partial charge in [0.2, 0.25) is 5.75 Å². The summed E-state index contributed by atoms with van der Waals surface area (Å²) in [6.07, 6.45) is 1.70. The van der Waals surface area contributed by atoms with E-state index in [0.717, 1.165) is 12.2 Å². The second-order valence-corrected chi connectivity index (χ2v) is 5.83. The smallest absolute Gasteiger partial charge is 0.336 e. The van der Waals surface area contributed by atoms with Gasteiger partial charge in [0.05, 0.1) is 5.56 Å². The van der Waals surface area contributed by atoms with Gasteiger partial charge in [-0.2, -0.15) is 0 Å². The normalized spacial score (nSPS) is 15.3.